The maximum Gasteiger partial charge on any atom is 0.262 e. The number of hydrogen-bond donors (Lipinski definition) is 1. The van der Waals surface area contributed by atoms with Crippen LogP contribution in [0.4, 0.5) is 5.13 Å². The predicted octanol–water partition coefficient (Wildman–Crippen LogP) is 1.76. The Hall–Kier alpha value is -2.02. The van der Waals surface area contributed by atoms with Crippen LogP contribution in [-0.4, -0.2) is 28.2 Å². The number of ether oxygens (including phenoxy) is 1. The normalized spacial score (nSPS) is 10.1. The molecule has 94 valence electrons. The molecule has 0 fully saturated rings. The number of aromatic nitrogens is 3. The van der Waals surface area contributed by atoms with Gasteiger partial charge in [-0.25, -0.2) is 4.98 Å². The number of anilines is 1. The fraction of sp³-hybridized carbons (Fsp3) is 0.273. The van der Waals surface area contributed by atoms with Crippen molar-refractivity contribution >= 4 is 22.4 Å². The molecule has 0 radical (unpaired) electrons. The lowest BCUT2D eigenvalue weighted by Crippen LogP contribution is -2.13. The van der Waals surface area contributed by atoms with Gasteiger partial charge in [0, 0.05) is 6.20 Å². The van der Waals surface area contributed by atoms with Gasteiger partial charge in [-0.3, -0.25) is 10.1 Å². The lowest BCUT2D eigenvalue weighted by molar-refractivity contribution is 0.102. The van der Waals surface area contributed by atoms with E-state index < -0.39 is 0 Å². The van der Waals surface area contributed by atoms with Gasteiger partial charge in [-0.15, -0.1) is 10.2 Å². The molecule has 0 unspecified atom stereocenters. The standard InChI is InChI=1S/C11H12N4O2S/c1-3-8-14-15-11(18-8)13-9(16)7-5-4-6-12-10(7)17-2/h4-6H,3H2,1-2H3,(H,13,15,16). The van der Waals surface area contributed by atoms with Gasteiger partial charge in [-0.2, -0.15) is 0 Å². The second-order valence-corrected chi connectivity index (χ2v) is 4.43. The van der Waals surface area contributed by atoms with Crippen LogP contribution in [0.15, 0.2) is 18.3 Å². The molecule has 0 aromatic carbocycles. The molecule has 2 aromatic rings. The summed E-state index contributed by atoms with van der Waals surface area (Å²) < 4.78 is 5.03. The van der Waals surface area contributed by atoms with Gasteiger partial charge in [0.05, 0.1) is 7.11 Å². The average molecular weight is 264 g/mol. The third-order valence-corrected chi connectivity index (χ3v) is 3.18. The molecule has 0 saturated carbocycles. The van der Waals surface area contributed by atoms with Crippen molar-refractivity contribution in [2.75, 3.05) is 12.4 Å². The van der Waals surface area contributed by atoms with Crippen molar-refractivity contribution in [3.8, 4) is 5.88 Å². The first-order valence-corrected chi connectivity index (χ1v) is 6.19. The number of nitrogens with zero attached hydrogens (tertiary/aromatic N) is 3. The highest BCUT2D eigenvalue weighted by Gasteiger charge is 2.14. The summed E-state index contributed by atoms with van der Waals surface area (Å²) >= 11 is 1.35. The van der Waals surface area contributed by atoms with Crippen molar-refractivity contribution in [3.05, 3.63) is 28.9 Å². The Morgan fingerprint density at radius 2 is 2.33 bits per heavy atom. The molecule has 2 rings (SSSR count). The zero-order chi connectivity index (χ0) is 13.0. The summed E-state index contributed by atoms with van der Waals surface area (Å²) in [5, 5.41) is 11.8. The van der Waals surface area contributed by atoms with Gasteiger partial charge in [0.15, 0.2) is 0 Å². The van der Waals surface area contributed by atoms with Gasteiger partial charge in [0.25, 0.3) is 5.91 Å². The number of hydrogen-bond acceptors (Lipinski definition) is 6. The van der Waals surface area contributed by atoms with Crippen LogP contribution in [0.5, 0.6) is 5.88 Å². The first kappa shape index (κ1) is 12.4. The van der Waals surface area contributed by atoms with Gasteiger partial charge in [-0.05, 0) is 18.6 Å². The van der Waals surface area contributed by atoms with Crippen LogP contribution < -0.4 is 10.1 Å². The smallest absolute Gasteiger partial charge is 0.262 e. The second-order valence-electron chi connectivity index (χ2n) is 3.37. The number of pyridine rings is 1. The number of nitrogens with one attached hydrogen (secondary N) is 1. The summed E-state index contributed by atoms with van der Waals surface area (Å²) in [6.07, 6.45) is 2.36. The number of amides is 1. The van der Waals surface area contributed by atoms with Crippen LogP contribution in [0.1, 0.15) is 22.3 Å². The number of carbonyl (C=O) groups is 1. The number of carbonyl (C=O) groups excluding carboxylic acids is 1. The molecule has 0 aliphatic carbocycles. The minimum atomic E-state index is -0.307. The topological polar surface area (TPSA) is 77.0 Å². The molecule has 0 aliphatic rings. The maximum absolute atomic E-state index is 12.0. The highest BCUT2D eigenvalue weighted by Crippen LogP contribution is 2.19. The highest BCUT2D eigenvalue weighted by atomic mass is 32.1. The Bertz CT molecular complexity index is 555. The third-order valence-electron chi connectivity index (χ3n) is 2.20. The number of aryl methyl sites for hydroxylation is 1. The van der Waals surface area contributed by atoms with Gasteiger partial charge in [0.1, 0.15) is 10.6 Å². The molecule has 0 atom stereocenters. The van der Waals surface area contributed by atoms with Crippen molar-refractivity contribution in [1.82, 2.24) is 15.2 Å². The molecule has 1 amide bonds. The van der Waals surface area contributed by atoms with E-state index >= 15 is 0 Å². The van der Waals surface area contributed by atoms with E-state index in [1.54, 1.807) is 18.3 Å². The number of rotatable bonds is 4. The zero-order valence-corrected chi connectivity index (χ0v) is 10.8. The summed E-state index contributed by atoms with van der Waals surface area (Å²) in [6.45, 7) is 1.98. The molecular formula is C11H12N4O2S. The summed E-state index contributed by atoms with van der Waals surface area (Å²) in [7, 11) is 1.47. The van der Waals surface area contributed by atoms with Gasteiger partial charge in [0.2, 0.25) is 11.0 Å². The Morgan fingerprint density at radius 1 is 1.50 bits per heavy atom. The van der Waals surface area contributed by atoms with E-state index in [1.165, 1.54) is 18.4 Å². The van der Waals surface area contributed by atoms with Crippen molar-refractivity contribution in [3.63, 3.8) is 0 Å². The van der Waals surface area contributed by atoms with Crippen molar-refractivity contribution in [2.45, 2.75) is 13.3 Å². The van der Waals surface area contributed by atoms with Gasteiger partial charge in [-0.1, -0.05) is 18.3 Å². The van der Waals surface area contributed by atoms with Crippen molar-refractivity contribution in [2.24, 2.45) is 0 Å². The second kappa shape index (κ2) is 5.54. The molecule has 1 N–H and O–H groups in total. The van der Waals surface area contributed by atoms with Crippen molar-refractivity contribution in [1.29, 1.82) is 0 Å². The molecule has 0 bridgehead atoms. The fourth-order valence-corrected chi connectivity index (χ4v) is 2.01. The predicted molar refractivity (Wildman–Crippen MR) is 68.0 cm³/mol. The monoisotopic (exact) mass is 264 g/mol. The van der Waals surface area contributed by atoms with Crippen molar-refractivity contribution < 1.29 is 9.53 Å². The molecule has 2 heterocycles. The van der Waals surface area contributed by atoms with E-state index in [0.29, 0.717) is 10.7 Å². The molecule has 0 spiro atoms. The fourth-order valence-electron chi connectivity index (χ4n) is 1.34. The molecule has 0 saturated heterocycles. The Labute approximate surface area is 108 Å². The van der Waals surface area contributed by atoms with Crippen LogP contribution in [0.25, 0.3) is 0 Å². The average Bonchev–Trinajstić information content (AvgIpc) is 2.86. The van der Waals surface area contributed by atoms with Crippen LogP contribution in [0.2, 0.25) is 0 Å². The SMILES string of the molecule is CCc1nnc(NC(=O)c2cccnc2OC)s1. The minimum Gasteiger partial charge on any atom is -0.480 e. The Kier molecular flexibility index (Phi) is 3.83. The molecule has 18 heavy (non-hydrogen) atoms. The highest BCUT2D eigenvalue weighted by molar-refractivity contribution is 7.15. The molecule has 0 aliphatic heterocycles. The van der Waals surface area contributed by atoms with Crippen LogP contribution in [-0.2, 0) is 6.42 Å². The molecule has 7 heteroatoms. The van der Waals surface area contributed by atoms with Crippen LogP contribution >= 0.6 is 11.3 Å². The first-order chi connectivity index (χ1) is 8.74. The quantitative estimate of drug-likeness (QED) is 0.910. The molecule has 2 aromatic heterocycles. The van der Waals surface area contributed by atoms with E-state index in [0.717, 1.165) is 11.4 Å². The van der Waals surface area contributed by atoms with Gasteiger partial charge >= 0.3 is 0 Å². The van der Waals surface area contributed by atoms with E-state index in [-0.39, 0.29) is 11.8 Å². The summed E-state index contributed by atoms with van der Waals surface area (Å²) in [5.41, 5.74) is 0.369. The maximum atomic E-state index is 12.0. The Morgan fingerprint density at radius 3 is 3.00 bits per heavy atom. The summed E-state index contributed by atoms with van der Waals surface area (Å²) in [5.74, 6) is -0.0195. The first-order valence-electron chi connectivity index (χ1n) is 5.37. The van der Waals surface area contributed by atoms with E-state index in [4.69, 9.17) is 4.74 Å². The lowest BCUT2D eigenvalue weighted by Gasteiger charge is -2.05. The summed E-state index contributed by atoms with van der Waals surface area (Å²) in [6, 6.07) is 3.32. The number of methoxy groups -OCH3 is 1. The zero-order valence-electron chi connectivity index (χ0n) is 10.0. The van der Waals surface area contributed by atoms with Gasteiger partial charge < -0.3 is 4.74 Å². The van der Waals surface area contributed by atoms with E-state index in [9.17, 15) is 4.79 Å². The molecular weight excluding hydrogens is 252 g/mol. The van der Waals surface area contributed by atoms with Crippen LogP contribution in [0, 0.1) is 0 Å². The van der Waals surface area contributed by atoms with E-state index in [1.807, 2.05) is 6.92 Å². The largest absolute Gasteiger partial charge is 0.480 e. The Balaban J connectivity index is 2.16. The minimum absolute atomic E-state index is 0.287. The molecule has 6 nitrogen and oxygen atoms in total. The summed E-state index contributed by atoms with van der Waals surface area (Å²) in [4.78, 5) is 16.0. The van der Waals surface area contributed by atoms with E-state index in [2.05, 4.69) is 20.5 Å². The third kappa shape index (κ3) is 2.62. The van der Waals surface area contributed by atoms with Crippen LogP contribution in [0.3, 0.4) is 0 Å². The lowest BCUT2D eigenvalue weighted by atomic mass is 10.2.